The third kappa shape index (κ3) is 10.4. The molecule has 0 aliphatic rings. The van der Waals surface area contributed by atoms with Gasteiger partial charge in [-0.1, -0.05) is 24.3 Å². The predicted octanol–water partition coefficient (Wildman–Crippen LogP) is 6.42. The lowest BCUT2D eigenvalue weighted by Gasteiger charge is -2.13. The molecule has 0 heterocycles. The summed E-state index contributed by atoms with van der Waals surface area (Å²) < 4.78 is 67.9. The number of urea groups is 1. The standard InChI is InChI=1S/C27H24N6O6S.O3S/c1-38-25-16-20(32-30-18-7-4-3-5-8-18)11-13-23(25)28-27(34)29-24-14-12-21(17-26(24)39-2)33-31-19-9-6-10-22(15-19)40(35,36)37;1-4(2)3/h3-17H,1-2H3,(H2,28,29,34)(H,35,36,37);. The van der Waals surface area contributed by atoms with Crippen molar-refractivity contribution in [1.82, 2.24) is 0 Å². The number of carbonyl (C=O) groups excluding carboxylic acids is 1. The van der Waals surface area contributed by atoms with Gasteiger partial charge in [0.25, 0.3) is 10.1 Å². The molecule has 4 rings (SSSR count). The fourth-order valence-electron chi connectivity index (χ4n) is 3.40. The van der Waals surface area contributed by atoms with E-state index >= 15 is 0 Å². The topological polar surface area (TPSA) is 215 Å². The maximum absolute atomic E-state index is 12.7. The van der Waals surface area contributed by atoms with Gasteiger partial charge >= 0.3 is 16.6 Å². The molecule has 4 aromatic rings. The highest BCUT2D eigenvalue weighted by atomic mass is 32.2. The molecule has 0 bridgehead atoms. The van der Waals surface area contributed by atoms with Crippen LogP contribution >= 0.6 is 0 Å². The molecule has 15 nitrogen and oxygen atoms in total. The Bertz CT molecular complexity index is 1900. The summed E-state index contributed by atoms with van der Waals surface area (Å²) in [6, 6.07) is 23.8. The van der Waals surface area contributed by atoms with Gasteiger partial charge in [-0.25, -0.2) is 4.79 Å². The van der Waals surface area contributed by atoms with Crippen LogP contribution in [0, 0.1) is 0 Å². The van der Waals surface area contributed by atoms with Crippen LogP contribution in [0.5, 0.6) is 11.5 Å². The molecule has 0 atom stereocenters. The molecular weight excluding hydrogens is 616 g/mol. The van der Waals surface area contributed by atoms with Crippen molar-refractivity contribution < 1.29 is 39.9 Å². The van der Waals surface area contributed by atoms with Crippen molar-refractivity contribution in [2.75, 3.05) is 24.9 Å². The molecule has 0 aliphatic heterocycles. The Balaban J connectivity index is 0.00000124. The van der Waals surface area contributed by atoms with E-state index in [0.717, 1.165) is 0 Å². The Kier molecular flexibility index (Phi) is 11.7. The molecule has 0 saturated carbocycles. The van der Waals surface area contributed by atoms with Crippen molar-refractivity contribution in [3.05, 3.63) is 91.0 Å². The van der Waals surface area contributed by atoms with Crippen LogP contribution in [-0.2, 0) is 20.7 Å². The molecule has 0 radical (unpaired) electrons. The molecule has 0 aromatic heterocycles. The first-order valence-electron chi connectivity index (χ1n) is 12.2. The van der Waals surface area contributed by atoms with Crippen LogP contribution in [0.2, 0.25) is 0 Å². The fraction of sp³-hybridized carbons (Fsp3) is 0.0741. The smallest absolute Gasteiger partial charge is 0.425 e. The first-order chi connectivity index (χ1) is 21.0. The van der Waals surface area contributed by atoms with Crippen molar-refractivity contribution in [3.8, 4) is 11.5 Å². The second-order valence-electron chi connectivity index (χ2n) is 8.26. The summed E-state index contributed by atoms with van der Waals surface area (Å²) in [4.78, 5) is 12.4. The summed E-state index contributed by atoms with van der Waals surface area (Å²) in [7, 11) is -4.57. The Hall–Kier alpha value is -5.52. The number of amides is 2. The fourth-order valence-corrected chi connectivity index (χ4v) is 3.92. The summed E-state index contributed by atoms with van der Waals surface area (Å²) >= 11 is 0. The number of rotatable bonds is 9. The van der Waals surface area contributed by atoms with E-state index in [0.29, 0.717) is 39.9 Å². The SMILES string of the molecule is COc1cc(N=Nc2ccccc2)ccc1NC(=O)Nc1ccc(N=Nc2cccc(S(=O)(=O)O)c2)cc1OC.O=S(=O)=O. The number of nitrogens with zero attached hydrogens (tertiary/aromatic N) is 4. The molecule has 2 amide bonds. The quantitative estimate of drug-likeness (QED) is 0.136. The van der Waals surface area contributed by atoms with Crippen LogP contribution in [0.25, 0.3) is 0 Å². The minimum atomic E-state index is -4.36. The van der Waals surface area contributed by atoms with Gasteiger partial charge in [-0.15, -0.1) is 12.6 Å². The van der Waals surface area contributed by atoms with Gasteiger partial charge in [0.1, 0.15) is 11.5 Å². The van der Waals surface area contributed by atoms with Crippen LogP contribution in [0.4, 0.5) is 38.9 Å². The van der Waals surface area contributed by atoms with Crippen molar-refractivity contribution >= 4 is 60.9 Å². The van der Waals surface area contributed by atoms with Gasteiger partial charge in [-0.05, 0) is 54.6 Å². The van der Waals surface area contributed by atoms with Gasteiger partial charge in [-0.3, -0.25) is 4.55 Å². The molecule has 228 valence electrons. The van der Waals surface area contributed by atoms with Crippen molar-refractivity contribution in [1.29, 1.82) is 0 Å². The molecule has 0 unspecified atom stereocenters. The number of benzene rings is 4. The average Bonchev–Trinajstić information content (AvgIpc) is 3.00. The molecule has 3 N–H and O–H groups in total. The van der Waals surface area contributed by atoms with Gasteiger partial charge in [0, 0.05) is 12.1 Å². The average molecular weight is 641 g/mol. The molecule has 44 heavy (non-hydrogen) atoms. The van der Waals surface area contributed by atoms with Crippen LogP contribution in [0.3, 0.4) is 0 Å². The molecule has 4 aromatic carbocycles. The van der Waals surface area contributed by atoms with E-state index in [1.165, 1.54) is 38.5 Å². The van der Waals surface area contributed by atoms with Gasteiger partial charge in [0.15, 0.2) is 0 Å². The molecular formula is C27H24N6O9S2. The van der Waals surface area contributed by atoms with E-state index in [9.17, 15) is 17.8 Å². The molecule has 0 fully saturated rings. The lowest BCUT2D eigenvalue weighted by molar-refractivity contribution is 0.262. The zero-order valence-corrected chi connectivity index (χ0v) is 24.6. The number of ether oxygens (including phenoxy) is 2. The van der Waals surface area contributed by atoms with Crippen LogP contribution in [0.15, 0.2) is 116 Å². The lowest BCUT2D eigenvalue weighted by atomic mass is 10.2. The third-order valence-electron chi connectivity index (χ3n) is 5.30. The van der Waals surface area contributed by atoms with E-state index < -0.39 is 26.8 Å². The predicted molar refractivity (Wildman–Crippen MR) is 159 cm³/mol. The van der Waals surface area contributed by atoms with Crippen LogP contribution < -0.4 is 20.1 Å². The minimum absolute atomic E-state index is 0.220. The first-order valence-corrected chi connectivity index (χ1v) is 14.6. The largest absolute Gasteiger partial charge is 0.494 e. The highest BCUT2D eigenvalue weighted by molar-refractivity contribution is 7.85. The number of hydrogen-bond donors (Lipinski definition) is 3. The number of carbonyl (C=O) groups is 1. The zero-order valence-electron chi connectivity index (χ0n) is 23.0. The summed E-state index contributed by atoms with van der Waals surface area (Å²) in [6.07, 6.45) is 0. The maximum Gasteiger partial charge on any atom is 0.425 e. The van der Waals surface area contributed by atoms with E-state index in [1.807, 2.05) is 30.3 Å². The molecule has 0 saturated heterocycles. The second kappa shape index (κ2) is 15.6. The van der Waals surface area contributed by atoms with Gasteiger partial charge in [0.2, 0.25) is 0 Å². The zero-order chi connectivity index (χ0) is 32.1. The van der Waals surface area contributed by atoms with Crippen molar-refractivity contribution in [3.63, 3.8) is 0 Å². The molecule has 0 aliphatic carbocycles. The minimum Gasteiger partial charge on any atom is -0.494 e. The number of hydrogen-bond acceptors (Lipinski definition) is 12. The second-order valence-corrected chi connectivity index (χ2v) is 10.1. The number of anilines is 2. The Morgan fingerprint density at radius 2 is 1.09 bits per heavy atom. The number of methoxy groups -OCH3 is 2. The van der Waals surface area contributed by atoms with Gasteiger partial charge in [-0.2, -0.15) is 28.9 Å². The third-order valence-corrected chi connectivity index (χ3v) is 6.15. The van der Waals surface area contributed by atoms with E-state index in [4.69, 9.17) is 22.1 Å². The summed E-state index contributed by atoms with van der Waals surface area (Å²) in [5.74, 6) is 0.697. The maximum atomic E-state index is 12.7. The highest BCUT2D eigenvalue weighted by Crippen LogP contribution is 2.33. The lowest BCUT2D eigenvalue weighted by Crippen LogP contribution is -2.20. The Morgan fingerprint density at radius 1 is 0.659 bits per heavy atom. The molecule has 0 spiro atoms. The van der Waals surface area contributed by atoms with Gasteiger partial charge in [0.05, 0.1) is 53.2 Å². The van der Waals surface area contributed by atoms with E-state index in [2.05, 4.69) is 31.1 Å². The van der Waals surface area contributed by atoms with Crippen LogP contribution in [-0.4, -0.2) is 45.8 Å². The number of azo groups is 2. The van der Waals surface area contributed by atoms with E-state index in [1.54, 1.807) is 36.4 Å². The normalized spacial score (nSPS) is 11.0. The van der Waals surface area contributed by atoms with E-state index in [-0.39, 0.29) is 10.6 Å². The van der Waals surface area contributed by atoms with Gasteiger partial charge < -0.3 is 20.1 Å². The summed E-state index contributed by atoms with van der Waals surface area (Å²) in [5, 5.41) is 21.9. The van der Waals surface area contributed by atoms with Crippen LogP contribution in [0.1, 0.15) is 0 Å². The Labute approximate surface area is 253 Å². The first kappa shape index (κ1) is 33.0. The Morgan fingerprint density at radius 3 is 1.55 bits per heavy atom. The number of nitrogens with one attached hydrogen (secondary N) is 2. The van der Waals surface area contributed by atoms with Crippen molar-refractivity contribution in [2.45, 2.75) is 4.90 Å². The van der Waals surface area contributed by atoms with Crippen molar-refractivity contribution in [2.24, 2.45) is 20.5 Å². The summed E-state index contributed by atoms with van der Waals surface area (Å²) in [5.41, 5.74) is 2.62. The molecule has 17 heteroatoms. The summed E-state index contributed by atoms with van der Waals surface area (Å²) in [6.45, 7) is 0. The monoisotopic (exact) mass is 640 g/mol. The highest BCUT2D eigenvalue weighted by Gasteiger charge is 2.13.